The molecule has 0 aromatic carbocycles. The summed E-state index contributed by atoms with van der Waals surface area (Å²) in [7, 11) is 0. The van der Waals surface area contributed by atoms with Crippen molar-refractivity contribution in [3.8, 4) is 0 Å². The number of ether oxygens (including phenoxy) is 1. The Morgan fingerprint density at radius 1 is 0.826 bits per heavy atom. The predicted molar refractivity (Wildman–Crippen MR) is 87.4 cm³/mol. The number of rotatable bonds is 0. The molecule has 23 heavy (non-hydrogen) atoms. The fourth-order valence-corrected chi connectivity index (χ4v) is 7.62. The van der Waals surface area contributed by atoms with Gasteiger partial charge < -0.3 is 4.74 Å². The molecule has 0 amide bonds. The van der Waals surface area contributed by atoms with Gasteiger partial charge in [0, 0.05) is 0 Å². The summed E-state index contributed by atoms with van der Waals surface area (Å²) >= 11 is 0. The summed E-state index contributed by atoms with van der Waals surface area (Å²) in [6.45, 7) is 9.66. The number of carbonyl (C=O) groups is 2. The van der Waals surface area contributed by atoms with Crippen LogP contribution in [-0.4, -0.2) is 11.9 Å². The van der Waals surface area contributed by atoms with E-state index in [2.05, 4.69) is 27.7 Å². The molecule has 128 valence electrons. The Bertz CT molecular complexity index is 565. The third kappa shape index (κ3) is 1.88. The van der Waals surface area contributed by atoms with Gasteiger partial charge in [-0.3, -0.25) is 9.59 Å². The van der Waals surface area contributed by atoms with Gasteiger partial charge in [0.25, 0.3) is 0 Å². The molecule has 0 N–H and O–H groups in total. The van der Waals surface area contributed by atoms with Crippen LogP contribution in [0.3, 0.4) is 0 Å². The van der Waals surface area contributed by atoms with Crippen molar-refractivity contribution in [3.05, 3.63) is 0 Å². The molecule has 4 rings (SSSR count). The van der Waals surface area contributed by atoms with Crippen LogP contribution in [0.15, 0.2) is 0 Å². The molecule has 3 nitrogen and oxygen atoms in total. The second-order valence-electron chi connectivity index (χ2n) is 9.90. The highest BCUT2D eigenvalue weighted by molar-refractivity contribution is 5.97. The van der Waals surface area contributed by atoms with Crippen molar-refractivity contribution < 1.29 is 14.3 Å². The summed E-state index contributed by atoms with van der Waals surface area (Å²) in [4.78, 5) is 24.5. The maximum Gasteiger partial charge on any atom is 0.318 e. The Morgan fingerprint density at radius 2 is 1.57 bits per heavy atom. The van der Waals surface area contributed by atoms with E-state index >= 15 is 0 Å². The van der Waals surface area contributed by atoms with Crippen LogP contribution in [0.5, 0.6) is 0 Å². The number of cyclic esters (lactones) is 2. The topological polar surface area (TPSA) is 43.4 Å². The van der Waals surface area contributed by atoms with Crippen molar-refractivity contribution in [2.45, 2.75) is 72.6 Å². The molecule has 1 aliphatic heterocycles. The van der Waals surface area contributed by atoms with Crippen molar-refractivity contribution in [3.63, 3.8) is 0 Å². The van der Waals surface area contributed by atoms with Gasteiger partial charge in [0.15, 0.2) is 0 Å². The SMILES string of the molecule is CC1(C)CCC[C@]2(C)[C@H]3CC[C@H]4C(=O)OC(=O)[C@H]4[C@]3(C)CC[C@@H]12. The number of hydrogen-bond acceptors (Lipinski definition) is 3. The third-order valence-electron chi connectivity index (χ3n) is 8.48. The Labute approximate surface area is 139 Å². The van der Waals surface area contributed by atoms with Crippen LogP contribution >= 0.6 is 0 Å². The molecule has 4 fully saturated rings. The zero-order valence-electron chi connectivity index (χ0n) is 15.0. The third-order valence-corrected chi connectivity index (χ3v) is 8.48. The van der Waals surface area contributed by atoms with Gasteiger partial charge in [0.2, 0.25) is 0 Å². The highest BCUT2D eigenvalue weighted by Crippen LogP contribution is 2.69. The van der Waals surface area contributed by atoms with Gasteiger partial charge in [-0.15, -0.1) is 0 Å². The van der Waals surface area contributed by atoms with E-state index in [9.17, 15) is 9.59 Å². The standard InChI is InChI=1S/C20H30O3/c1-18(2)9-5-10-19(3)13(18)8-11-20(4)14(19)7-6-12-15(20)17(22)23-16(12)21/h12-15H,5-11H2,1-4H3/t12-,13+,14-,15+,19+,20-/m1/s1. The summed E-state index contributed by atoms with van der Waals surface area (Å²) in [5.41, 5.74) is 0.660. The van der Waals surface area contributed by atoms with E-state index in [1.165, 1.54) is 25.7 Å². The van der Waals surface area contributed by atoms with E-state index in [0.29, 0.717) is 16.7 Å². The maximum atomic E-state index is 12.4. The van der Waals surface area contributed by atoms with Crippen molar-refractivity contribution in [2.75, 3.05) is 0 Å². The van der Waals surface area contributed by atoms with Gasteiger partial charge in [-0.2, -0.15) is 0 Å². The van der Waals surface area contributed by atoms with Crippen molar-refractivity contribution >= 4 is 11.9 Å². The molecule has 0 spiro atoms. The van der Waals surface area contributed by atoms with Crippen molar-refractivity contribution in [1.82, 2.24) is 0 Å². The van der Waals surface area contributed by atoms with Gasteiger partial charge in [-0.25, -0.2) is 0 Å². The zero-order valence-corrected chi connectivity index (χ0v) is 15.0. The highest BCUT2D eigenvalue weighted by atomic mass is 16.6. The molecule has 0 unspecified atom stereocenters. The van der Waals surface area contributed by atoms with Gasteiger partial charge in [-0.05, 0) is 66.6 Å². The largest absolute Gasteiger partial charge is 0.393 e. The number of hydrogen-bond donors (Lipinski definition) is 0. The molecule has 0 aromatic heterocycles. The van der Waals surface area contributed by atoms with E-state index in [4.69, 9.17) is 4.74 Å². The van der Waals surface area contributed by atoms with Crippen LogP contribution < -0.4 is 0 Å². The van der Waals surface area contributed by atoms with E-state index < -0.39 is 0 Å². The van der Waals surface area contributed by atoms with E-state index in [-0.39, 0.29) is 29.2 Å². The summed E-state index contributed by atoms with van der Waals surface area (Å²) in [5.74, 6) is 0.455. The van der Waals surface area contributed by atoms with E-state index in [1.54, 1.807) is 0 Å². The quantitative estimate of drug-likeness (QED) is 0.493. The van der Waals surface area contributed by atoms with Crippen molar-refractivity contribution in [2.24, 2.45) is 39.9 Å². The van der Waals surface area contributed by atoms with E-state index in [1.807, 2.05) is 0 Å². The molecule has 3 saturated carbocycles. The first kappa shape index (κ1) is 15.7. The molecule has 3 heteroatoms. The van der Waals surface area contributed by atoms with Crippen molar-refractivity contribution in [1.29, 1.82) is 0 Å². The van der Waals surface area contributed by atoms with Crippen LogP contribution in [0.2, 0.25) is 0 Å². The monoisotopic (exact) mass is 318 g/mol. The highest BCUT2D eigenvalue weighted by Gasteiger charge is 2.66. The van der Waals surface area contributed by atoms with Crippen LogP contribution in [0.4, 0.5) is 0 Å². The first-order valence-corrected chi connectivity index (χ1v) is 9.46. The van der Waals surface area contributed by atoms with Crippen LogP contribution in [0.25, 0.3) is 0 Å². The van der Waals surface area contributed by atoms with Gasteiger partial charge in [0.05, 0.1) is 11.8 Å². The lowest BCUT2D eigenvalue weighted by molar-refractivity contribution is -0.177. The van der Waals surface area contributed by atoms with Gasteiger partial charge >= 0.3 is 11.9 Å². The van der Waals surface area contributed by atoms with E-state index in [0.717, 1.165) is 25.2 Å². The molecule has 0 aromatic rings. The molecule has 1 heterocycles. The number of esters is 2. The lowest BCUT2D eigenvalue weighted by atomic mass is 9.39. The fraction of sp³-hybridized carbons (Fsp3) is 0.900. The predicted octanol–water partition coefficient (Wildman–Crippen LogP) is 4.34. The fourth-order valence-electron chi connectivity index (χ4n) is 7.62. The Kier molecular flexibility index (Phi) is 3.14. The zero-order chi connectivity index (χ0) is 16.6. The van der Waals surface area contributed by atoms with Crippen LogP contribution in [-0.2, 0) is 14.3 Å². The molecule has 6 atom stereocenters. The number of carbonyl (C=O) groups excluding carboxylic acids is 2. The first-order chi connectivity index (χ1) is 10.7. The molecular weight excluding hydrogens is 288 g/mol. The Morgan fingerprint density at radius 3 is 2.30 bits per heavy atom. The average molecular weight is 318 g/mol. The number of fused-ring (bicyclic) bond motifs is 5. The second kappa shape index (κ2) is 4.61. The molecule has 1 saturated heterocycles. The molecule has 0 bridgehead atoms. The van der Waals surface area contributed by atoms with Crippen LogP contribution in [0.1, 0.15) is 72.6 Å². The smallest absolute Gasteiger partial charge is 0.318 e. The van der Waals surface area contributed by atoms with Crippen LogP contribution in [0, 0.1) is 39.9 Å². The summed E-state index contributed by atoms with van der Waals surface area (Å²) < 4.78 is 5.05. The molecular formula is C20H30O3. The average Bonchev–Trinajstić information content (AvgIpc) is 2.73. The van der Waals surface area contributed by atoms with Gasteiger partial charge in [-0.1, -0.05) is 34.1 Å². The normalized spacial score (nSPS) is 51.5. The second-order valence-corrected chi connectivity index (χ2v) is 9.90. The Hall–Kier alpha value is -0.860. The summed E-state index contributed by atoms with van der Waals surface area (Å²) in [6, 6.07) is 0. The minimum Gasteiger partial charge on any atom is -0.393 e. The van der Waals surface area contributed by atoms with Gasteiger partial charge in [0.1, 0.15) is 0 Å². The maximum absolute atomic E-state index is 12.4. The minimum absolute atomic E-state index is 0.0508. The first-order valence-electron chi connectivity index (χ1n) is 9.46. The minimum atomic E-state index is -0.254. The molecule has 3 aliphatic carbocycles. The lowest BCUT2D eigenvalue weighted by Crippen LogP contribution is -2.59. The molecule has 0 radical (unpaired) electrons. The Balaban J connectivity index is 1.75. The summed E-state index contributed by atoms with van der Waals surface area (Å²) in [5, 5.41) is 0. The summed E-state index contributed by atoms with van der Waals surface area (Å²) in [6.07, 6.45) is 8.10. The molecule has 4 aliphatic rings. The lowest BCUT2D eigenvalue weighted by Gasteiger charge is -2.65.